The Hall–Kier alpha value is -2.01. The van der Waals surface area contributed by atoms with E-state index in [4.69, 9.17) is 0 Å². The van der Waals surface area contributed by atoms with Crippen molar-refractivity contribution in [2.75, 3.05) is 18.6 Å². The van der Waals surface area contributed by atoms with Gasteiger partial charge < -0.3 is 0 Å². The lowest BCUT2D eigenvalue weighted by Crippen LogP contribution is -2.41. The molecule has 0 bridgehead atoms. The van der Waals surface area contributed by atoms with Crippen molar-refractivity contribution < 1.29 is 0 Å². The first kappa shape index (κ1) is 10.2. The summed E-state index contributed by atoms with van der Waals surface area (Å²) in [6, 6.07) is 5.86. The van der Waals surface area contributed by atoms with Gasteiger partial charge in [-0.15, -0.1) is 0 Å². The van der Waals surface area contributed by atoms with Gasteiger partial charge in [0, 0.05) is 25.4 Å². The molecule has 2 aromatic rings. The highest BCUT2D eigenvalue weighted by Crippen LogP contribution is 2.27. The van der Waals surface area contributed by atoms with E-state index < -0.39 is 0 Å². The van der Waals surface area contributed by atoms with Gasteiger partial charge in [-0.1, -0.05) is 6.07 Å². The lowest BCUT2D eigenvalue weighted by molar-refractivity contribution is 0.628. The first-order chi connectivity index (χ1) is 8.36. The molecule has 0 atom stereocenters. The van der Waals surface area contributed by atoms with Crippen LogP contribution in [-0.4, -0.2) is 28.5 Å². The Morgan fingerprint density at radius 2 is 2.18 bits per heavy atom. The topological polar surface area (TPSA) is 53.9 Å². The minimum Gasteiger partial charge on any atom is -0.295 e. The summed E-state index contributed by atoms with van der Waals surface area (Å²) in [4.78, 5) is 13.0. The molecule has 0 aromatic carbocycles. The zero-order valence-corrected chi connectivity index (χ0v) is 9.59. The van der Waals surface area contributed by atoms with Crippen LogP contribution in [0.1, 0.15) is 5.56 Å². The number of hydrogen-bond acceptors (Lipinski definition) is 5. The lowest BCUT2D eigenvalue weighted by Gasteiger charge is -2.27. The summed E-state index contributed by atoms with van der Waals surface area (Å²) >= 11 is 0. The van der Waals surface area contributed by atoms with Crippen molar-refractivity contribution in [1.82, 2.24) is 20.4 Å². The quantitative estimate of drug-likeness (QED) is 0.788. The molecule has 0 saturated carbocycles. The van der Waals surface area contributed by atoms with Gasteiger partial charge in [0.05, 0.1) is 11.4 Å². The van der Waals surface area contributed by atoms with Gasteiger partial charge in [0.1, 0.15) is 12.1 Å². The van der Waals surface area contributed by atoms with E-state index in [9.17, 15) is 0 Å². The molecule has 3 rings (SSSR count). The summed E-state index contributed by atoms with van der Waals surface area (Å²) in [6.45, 7) is 0.900. The van der Waals surface area contributed by atoms with Crippen molar-refractivity contribution in [3.63, 3.8) is 0 Å². The molecule has 17 heavy (non-hydrogen) atoms. The molecule has 5 nitrogen and oxygen atoms in total. The molecule has 0 unspecified atom stereocenters. The number of hydrogen-bond donors (Lipinski definition) is 1. The largest absolute Gasteiger partial charge is 0.295 e. The molecule has 0 saturated heterocycles. The van der Waals surface area contributed by atoms with Crippen LogP contribution in [-0.2, 0) is 6.42 Å². The molecule has 1 aliphatic heterocycles. The number of rotatable bonds is 1. The fraction of sp³-hybridized carbons (Fsp3) is 0.250. The number of nitrogens with zero attached hydrogens (tertiary/aromatic N) is 4. The van der Waals surface area contributed by atoms with E-state index in [1.807, 2.05) is 30.3 Å². The number of nitrogens with one attached hydrogen (secondary N) is 1. The normalized spacial score (nSPS) is 14.5. The van der Waals surface area contributed by atoms with Crippen LogP contribution in [0.25, 0.3) is 11.4 Å². The second-order valence-corrected chi connectivity index (χ2v) is 3.96. The van der Waals surface area contributed by atoms with Crippen molar-refractivity contribution in [3.8, 4) is 11.4 Å². The highest BCUT2D eigenvalue weighted by Gasteiger charge is 2.19. The maximum absolute atomic E-state index is 4.37. The van der Waals surface area contributed by atoms with Crippen LogP contribution in [0, 0.1) is 0 Å². The Bertz CT molecular complexity index is 526. The van der Waals surface area contributed by atoms with Crippen molar-refractivity contribution >= 4 is 5.82 Å². The van der Waals surface area contributed by atoms with Gasteiger partial charge in [0.25, 0.3) is 0 Å². The van der Waals surface area contributed by atoms with Crippen LogP contribution in [0.2, 0.25) is 0 Å². The van der Waals surface area contributed by atoms with Crippen LogP contribution in [0.5, 0.6) is 0 Å². The average Bonchev–Trinajstić information content (AvgIpc) is 2.40. The minimum absolute atomic E-state index is 0.900. The molecule has 86 valence electrons. The predicted molar refractivity (Wildman–Crippen MR) is 65.4 cm³/mol. The van der Waals surface area contributed by atoms with Crippen LogP contribution in [0.4, 0.5) is 5.82 Å². The van der Waals surface area contributed by atoms with Crippen molar-refractivity contribution in [3.05, 3.63) is 36.3 Å². The number of fused-ring (bicyclic) bond motifs is 1. The number of aromatic nitrogens is 3. The average molecular weight is 227 g/mol. The fourth-order valence-corrected chi connectivity index (χ4v) is 2.07. The maximum Gasteiger partial charge on any atom is 0.149 e. The zero-order valence-electron chi connectivity index (χ0n) is 9.59. The van der Waals surface area contributed by atoms with Gasteiger partial charge in [0.2, 0.25) is 0 Å². The van der Waals surface area contributed by atoms with E-state index in [1.165, 1.54) is 0 Å². The van der Waals surface area contributed by atoms with Gasteiger partial charge in [-0.25, -0.2) is 15.4 Å². The molecule has 0 fully saturated rings. The van der Waals surface area contributed by atoms with Gasteiger partial charge in [-0.3, -0.25) is 9.99 Å². The molecule has 0 spiro atoms. The first-order valence-corrected chi connectivity index (χ1v) is 5.59. The molecule has 0 amide bonds. The molecular formula is C12H13N5. The SMILES string of the molecule is CN1NCCc2c(-c3ccccn3)ncnc21. The molecule has 1 aliphatic rings. The summed E-state index contributed by atoms with van der Waals surface area (Å²) in [5, 5.41) is 1.94. The molecule has 5 heteroatoms. The van der Waals surface area contributed by atoms with Gasteiger partial charge in [-0.2, -0.15) is 0 Å². The standard InChI is InChI=1S/C12H13N5/c1-17-12-9(5-7-16-17)11(14-8-15-12)10-4-2-3-6-13-10/h2-4,6,8,16H,5,7H2,1H3. The van der Waals surface area contributed by atoms with Gasteiger partial charge in [-0.05, 0) is 18.6 Å². The van der Waals surface area contributed by atoms with Crippen molar-refractivity contribution in [2.45, 2.75) is 6.42 Å². The third-order valence-corrected chi connectivity index (χ3v) is 2.87. The molecular weight excluding hydrogens is 214 g/mol. The first-order valence-electron chi connectivity index (χ1n) is 5.59. The van der Waals surface area contributed by atoms with Crippen LogP contribution >= 0.6 is 0 Å². The van der Waals surface area contributed by atoms with E-state index in [0.29, 0.717) is 0 Å². The number of hydrazine groups is 1. The smallest absolute Gasteiger partial charge is 0.149 e. The highest BCUT2D eigenvalue weighted by molar-refractivity contribution is 5.66. The maximum atomic E-state index is 4.37. The van der Waals surface area contributed by atoms with Crippen LogP contribution in [0.3, 0.4) is 0 Å². The summed E-state index contributed by atoms with van der Waals surface area (Å²) in [7, 11) is 1.97. The summed E-state index contributed by atoms with van der Waals surface area (Å²) in [5.41, 5.74) is 6.24. The predicted octanol–water partition coefficient (Wildman–Crippen LogP) is 1.04. The molecule has 0 aliphatic carbocycles. The molecule has 0 radical (unpaired) electrons. The van der Waals surface area contributed by atoms with Gasteiger partial charge in [0.15, 0.2) is 0 Å². The van der Waals surface area contributed by atoms with E-state index >= 15 is 0 Å². The van der Waals surface area contributed by atoms with Crippen LogP contribution in [0.15, 0.2) is 30.7 Å². The monoisotopic (exact) mass is 227 g/mol. The van der Waals surface area contributed by atoms with Gasteiger partial charge >= 0.3 is 0 Å². The highest BCUT2D eigenvalue weighted by atomic mass is 15.5. The van der Waals surface area contributed by atoms with Crippen molar-refractivity contribution in [2.24, 2.45) is 0 Å². The lowest BCUT2D eigenvalue weighted by atomic mass is 10.1. The van der Waals surface area contributed by atoms with E-state index in [-0.39, 0.29) is 0 Å². The summed E-state index contributed by atoms with van der Waals surface area (Å²) < 4.78 is 0. The summed E-state index contributed by atoms with van der Waals surface area (Å²) in [6.07, 6.45) is 4.30. The summed E-state index contributed by atoms with van der Waals surface area (Å²) in [5.74, 6) is 0.937. The number of anilines is 1. The Morgan fingerprint density at radius 1 is 1.24 bits per heavy atom. The van der Waals surface area contributed by atoms with Crippen molar-refractivity contribution in [1.29, 1.82) is 0 Å². The Kier molecular flexibility index (Phi) is 2.45. The molecule has 1 N–H and O–H groups in total. The van der Waals surface area contributed by atoms with E-state index in [0.717, 1.165) is 35.7 Å². The number of pyridine rings is 1. The Labute approximate surface area is 99.5 Å². The molecule has 2 aromatic heterocycles. The van der Waals surface area contributed by atoms with E-state index in [1.54, 1.807) is 12.5 Å². The van der Waals surface area contributed by atoms with Crippen LogP contribution < -0.4 is 10.4 Å². The third-order valence-electron chi connectivity index (χ3n) is 2.87. The minimum atomic E-state index is 0.900. The fourth-order valence-electron chi connectivity index (χ4n) is 2.07. The third kappa shape index (κ3) is 1.74. The Morgan fingerprint density at radius 3 is 3.00 bits per heavy atom. The Balaban J connectivity index is 2.16. The second kappa shape index (κ2) is 4.10. The van der Waals surface area contributed by atoms with E-state index in [2.05, 4.69) is 20.4 Å². The second-order valence-electron chi connectivity index (χ2n) is 3.96. The zero-order chi connectivity index (χ0) is 11.7. The molecule has 3 heterocycles.